The molecule has 0 radical (unpaired) electrons. The van der Waals surface area contributed by atoms with Crippen molar-refractivity contribution >= 4 is 34.2 Å². The molecule has 8 heteroatoms. The Kier molecular flexibility index (Phi) is 5.09. The first-order valence-electron chi connectivity index (χ1n) is 8.78. The van der Waals surface area contributed by atoms with Crippen molar-refractivity contribution in [3.8, 4) is 22.5 Å². The summed E-state index contributed by atoms with van der Waals surface area (Å²) in [6.45, 7) is 2.05. The minimum atomic E-state index is -0.942. The molecule has 0 saturated heterocycles. The van der Waals surface area contributed by atoms with Gasteiger partial charge in [-0.2, -0.15) is 0 Å². The highest BCUT2D eigenvalue weighted by molar-refractivity contribution is 7.99. The molecular formula is C21H16N4O3S. The summed E-state index contributed by atoms with van der Waals surface area (Å²) in [4.78, 5) is 26.3. The Balaban J connectivity index is 1.73. The SMILES string of the molecule is Cc1ccc2cc(-c3cc(N=O)cc(-c4nc(SCC(=O)O)n[nH]4)c3)ccc2c1. The van der Waals surface area contributed by atoms with Gasteiger partial charge >= 0.3 is 5.97 Å². The molecule has 0 atom stereocenters. The molecule has 0 fully saturated rings. The van der Waals surface area contributed by atoms with Gasteiger partial charge in [0.1, 0.15) is 5.69 Å². The van der Waals surface area contributed by atoms with Crippen LogP contribution in [0.5, 0.6) is 0 Å². The predicted octanol–water partition coefficient (Wildman–Crippen LogP) is 5.17. The van der Waals surface area contributed by atoms with Gasteiger partial charge in [0, 0.05) is 5.56 Å². The summed E-state index contributed by atoms with van der Waals surface area (Å²) in [6.07, 6.45) is 0. The average molecular weight is 404 g/mol. The molecule has 1 aromatic heterocycles. The number of aliphatic carboxylic acids is 1. The molecule has 0 spiro atoms. The standard InChI is InChI=1S/C21H16N4O3S/c1-12-2-3-14-7-15(5-4-13(14)6-12)16-8-17(10-18(9-16)25-28)20-22-21(24-23-20)29-11-19(26)27/h2-10H,11H2,1H3,(H,26,27)(H,22,23,24). The Morgan fingerprint density at radius 3 is 2.59 bits per heavy atom. The third-order valence-corrected chi connectivity index (χ3v) is 5.25. The summed E-state index contributed by atoms with van der Waals surface area (Å²) in [5.74, 6) is -0.627. The second-order valence-electron chi connectivity index (χ2n) is 6.57. The fourth-order valence-electron chi connectivity index (χ4n) is 3.08. The maximum atomic E-state index is 11.2. The van der Waals surface area contributed by atoms with E-state index >= 15 is 0 Å². The molecule has 144 valence electrons. The number of fused-ring (bicyclic) bond motifs is 1. The lowest BCUT2D eigenvalue weighted by Crippen LogP contribution is -1.97. The lowest BCUT2D eigenvalue weighted by molar-refractivity contribution is -0.133. The van der Waals surface area contributed by atoms with Crippen molar-refractivity contribution in [2.75, 3.05) is 5.75 Å². The first kappa shape index (κ1) is 18.8. The molecule has 0 aliphatic rings. The van der Waals surface area contributed by atoms with Crippen LogP contribution in [0, 0.1) is 11.8 Å². The summed E-state index contributed by atoms with van der Waals surface area (Å²) < 4.78 is 0. The first-order chi connectivity index (χ1) is 14.0. The van der Waals surface area contributed by atoms with E-state index in [1.807, 2.05) is 18.2 Å². The lowest BCUT2D eigenvalue weighted by atomic mass is 9.98. The predicted molar refractivity (Wildman–Crippen MR) is 113 cm³/mol. The van der Waals surface area contributed by atoms with Crippen molar-refractivity contribution in [1.29, 1.82) is 0 Å². The number of hydrogen-bond donors (Lipinski definition) is 2. The summed E-state index contributed by atoms with van der Waals surface area (Å²) in [5, 5.41) is 21.3. The van der Waals surface area contributed by atoms with Crippen LogP contribution >= 0.6 is 11.8 Å². The number of hydrogen-bond acceptors (Lipinski definition) is 6. The van der Waals surface area contributed by atoms with Gasteiger partial charge in [0.15, 0.2) is 5.82 Å². The normalized spacial score (nSPS) is 10.9. The van der Waals surface area contributed by atoms with Gasteiger partial charge in [-0.1, -0.05) is 47.7 Å². The molecule has 0 bridgehead atoms. The lowest BCUT2D eigenvalue weighted by Gasteiger charge is -2.07. The van der Waals surface area contributed by atoms with Gasteiger partial charge in [0.2, 0.25) is 5.16 Å². The van der Waals surface area contributed by atoms with Crippen LogP contribution in [-0.4, -0.2) is 32.0 Å². The molecule has 0 aliphatic carbocycles. The van der Waals surface area contributed by atoms with E-state index in [0.29, 0.717) is 16.5 Å². The zero-order valence-corrected chi connectivity index (χ0v) is 16.2. The van der Waals surface area contributed by atoms with Crippen LogP contribution in [0.15, 0.2) is 64.9 Å². The van der Waals surface area contributed by atoms with Gasteiger partial charge < -0.3 is 5.11 Å². The van der Waals surface area contributed by atoms with E-state index in [1.165, 1.54) is 5.56 Å². The second-order valence-corrected chi connectivity index (χ2v) is 7.52. The van der Waals surface area contributed by atoms with E-state index in [2.05, 4.69) is 51.5 Å². The molecule has 0 aliphatic heterocycles. The van der Waals surface area contributed by atoms with Crippen molar-refractivity contribution in [2.45, 2.75) is 12.1 Å². The Labute approximate surface area is 170 Å². The number of carboxylic acids is 1. The molecule has 4 aromatic rings. The highest BCUT2D eigenvalue weighted by atomic mass is 32.2. The van der Waals surface area contributed by atoms with E-state index in [-0.39, 0.29) is 11.4 Å². The number of carbonyl (C=O) groups is 1. The second kappa shape index (κ2) is 7.84. The number of nitroso groups, excluding NO2 is 1. The minimum absolute atomic E-state index is 0.130. The molecule has 4 rings (SSSR count). The van der Waals surface area contributed by atoms with Gasteiger partial charge in [-0.15, -0.1) is 10.0 Å². The average Bonchev–Trinajstić information content (AvgIpc) is 3.20. The van der Waals surface area contributed by atoms with Crippen LogP contribution < -0.4 is 0 Å². The topological polar surface area (TPSA) is 108 Å². The van der Waals surface area contributed by atoms with Gasteiger partial charge in [-0.25, -0.2) is 4.98 Å². The quantitative estimate of drug-likeness (QED) is 0.339. The van der Waals surface area contributed by atoms with Crippen molar-refractivity contribution in [2.24, 2.45) is 5.18 Å². The number of aromatic amines is 1. The highest BCUT2D eigenvalue weighted by Gasteiger charge is 2.12. The van der Waals surface area contributed by atoms with Crippen LogP contribution in [-0.2, 0) is 4.79 Å². The number of nitrogens with one attached hydrogen (secondary N) is 1. The maximum absolute atomic E-state index is 11.2. The Morgan fingerprint density at radius 2 is 1.79 bits per heavy atom. The van der Waals surface area contributed by atoms with Crippen LogP contribution in [0.4, 0.5) is 5.69 Å². The van der Waals surface area contributed by atoms with Crippen molar-refractivity contribution in [1.82, 2.24) is 15.2 Å². The molecule has 0 unspecified atom stereocenters. The highest BCUT2D eigenvalue weighted by Crippen LogP contribution is 2.32. The zero-order chi connectivity index (χ0) is 20.4. The minimum Gasteiger partial charge on any atom is -0.481 e. The number of aryl methyl sites for hydroxylation is 1. The number of aromatic nitrogens is 3. The number of thioether (sulfide) groups is 1. The van der Waals surface area contributed by atoms with E-state index in [0.717, 1.165) is 33.7 Å². The van der Waals surface area contributed by atoms with Crippen molar-refractivity contribution in [3.05, 3.63) is 65.1 Å². The zero-order valence-electron chi connectivity index (χ0n) is 15.4. The molecule has 7 nitrogen and oxygen atoms in total. The van der Waals surface area contributed by atoms with Gasteiger partial charge in [-0.3, -0.25) is 9.89 Å². The molecular weight excluding hydrogens is 388 g/mol. The Bertz CT molecular complexity index is 1240. The van der Waals surface area contributed by atoms with Gasteiger partial charge in [0.05, 0.1) is 5.75 Å². The van der Waals surface area contributed by atoms with Crippen LogP contribution in [0.25, 0.3) is 33.3 Å². The molecule has 29 heavy (non-hydrogen) atoms. The third kappa shape index (κ3) is 4.17. The molecule has 3 aromatic carbocycles. The Morgan fingerprint density at radius 1 is 1.03 bits per heavy atom. The molecule has 2 N–H and O–H groups in total. The largest absolute Gasteiger partial charge is 0.481 e. The number of rotatable bonds is 6. The van der Waals surface area contributed by atoms with E-state index in [9.17, 15) is 9.70 Å². The monoisotopic (exact) mass is 404 g/mol. The Hall–Kier alpha value is -3.52. The number of nitrogens with zero attached hydrogens (tertiary/aromatic N) is 3. The smallest absolute Gasteiger partial charge is 0.313 e. The molecule has 0 amide bonds. The molecule has 0 saturated carbocycles. The summed E-state index contributed by atoms with van der Waals surface area (Å²) in [5.41, 5.74) is 3.90. The maximum Gasteiger partial charge on any atom is 0.313 e. The number of H-pyrrole nitrogens is 1. The van der Waals surface area contributed by atoms with Gasteiger partial charge in [0.25, 0.3) is 0 Å². The number of carboxylic acid groups (broad SMARTS) is 1. The summed E-state index contributed by atoms with van der Waals surface area (Å²) in [6, 6.07) is 17.6. The third-order valence-electron chi connectivity index (χ3n) is 4.42. The van der Waals surface area contributed by atoms with E-state index in [4.69, 9.17) is 5.11 Å². The van der Waals surface area contributed by atoms with Gasteiger partial charge in [-0.05, 0) is 58.3 Å². The van der Waals surface area contributed by atoms with Crippen LogP contribution in [0.3, 0.4) is 0 Å². The van der Waals surface area contributed by atoms with Crippen LogP contribution in [0.1, 0.15) is 5.56 Å². The van der Waals surface area contributed by atoms with E-state index < -0.39 is 5.97 Å². The van der Waals surface area contributed by atoms with Crippen molar-refractivity contribution < 1.29 is 9.90 Å². The van der Waals surface area contributed by atoms with Crippen molar-refractivity contribution in [3.63, 3.8) is 0 Å². The molecule has 1 heterocycles. The summed E-state index contributed by atoms with van der Waals surface area (Å²) >= 11 is 1.02. The first-order valence-corrected chi connectivity index (χ1v) is 9.77. The summed E-state index contributed by atoms with van der Waals surface area (Å²) in [7, 11) is 0. The van der Waals surface area contributed by atoms with E-state index in [1.54, 1.807) is 12.1 Å². The fraction of sp³-hybridized carbons (Fsp3) is 0.0952. The van der Waals surface area contributed by atoms with Crippen LogP contribution in [0.2, 0.25) is 0 Å². The fourth-order valence-corrected chi connectivity index (χ4v) is 3.60. The number of benzene rings is 3.